The number of carbonyl (C=O) groups excluding carboxylic acids is 2. The predicted octanol–water partition coefficient (Wildman–Crippen LogP) is 3.87. The highest BCUT2D eigenvalue weighted by atomic mass is 35.5. The smallest absolute Gasteiger partial charge is 0.332 e. The maximum absolute atomic E-state index is 12.8. The topological polar surface area (TPSA) is 96.4 Å². The number of carbonyl (C=O) groups is 2. The summed E-state index contributed by atoms with van der Waals surface area (Å²) in [7, 11) is -1.80. The number of aliphatic hydroxyl groups excluding tert-OH is 1. The summed E-state index contributed by atoms with van der Waals surface area (Å²) >= 11 is 11.9. The van der Waals surface area contributed by atoms with E-state index in [0.717, 1.165) is 5.56 Å². The summed E-state index contributed by atoms with van der Waals surface area (Å²) < 4.78 is 23.0. The number of hydrogen-bond donors (Lipinski definition) is 1. The molecule has 1 heterocycles. The quantitative estimate of drug-likeness (QED) is 0.512. The molecule has 0 saturated heterocycles. The number of rotatable bonds is 10. The number of hydrogen-bond acceptors (Lipinski definition) is 6. The van der Waals surface area contributed by atoms with Crippen molar-refractivity contribution >= 4 is 42.6 Å². The van der Waals surface area contributed by atoms with Crippen LogP contribution < -0.4 is 0 Å². The maximum atomic E-state index is 12.8. The SMILES string of the molecule is CCOP(=O)(CCN1CC(C(=O)N(C)Cc2ccc(Cl)c(Cl)c2)=C(O)C1=O)OCC. The van der Waals surface area contributed by atoms with Crippen molar-refractivity contribution in [1.29, 1.82) is 0 Å². The molecule has 2 rings (SSSR count). The van der Waals surface area contributed by atoms with Crippen molar-refractivity contribution in [3.8, 4) is 0 Å². The molecule has 11 heteroatoms. The number of nitrogens with zero attached hydrogens (tertiary/aromatic N) is 2. The van der Waals surface area contributed by atoms with Crippen LogP contribution in [-0.4, -0.2) is 66.2 Å². The molecule has 0 bridgehead atoms. The number of amides is 2. The van der Waals surface area contributed by atoms with Gasteiger partial charge in [-0.3, -0.25) is 14.2 Å². The molecule has 166 valence electrons. The highest BCUT2D eigenvalue weighted by Crippen LogP contribution is 2.47. The summed E-state index contributed by atoms with van der Waals surface area (Å²) in [5.74, 6) is -1.79. The molecule has 0 radical (unpaired) electrons. The molecule has 8 nitrogen and oxygen atoms in total. The van der Waals surface area contributed by atoms with E-state index in [9.17, 15) is 19.3 Å². The first-order valence-corrected chi connectivity index (χ1v) is 11.9. The number of aliphatic hydroxyl groups is 1. The molecule has 1 aliphatic heterocycles. The number of likely N-dealkylation sites (N-methyl/N-ethyl adjacent to an activating group) is 1. The van der Waals surface area contributed by atoms with E-state index in [-0.39, 0.29) is 44.6 Å². The third-order valence-corrected chi connectivity index (χ3v) is 7.22. The average Bonchev–Trinajstić information content (AvgIpc) is 2.97. The molecule has 1 aliphatic rings. The summed E-state index contributed by atoms with van der Waals surface area (Å²) in [6, 6.07) is 5.01. The zero-order chi connectivity index (χ0) is 22.5. The van der Waals surface area contributed by atoms with E-state index < -0.39 is 25.2 Å². The molecule has 0 fully saturated rings. The van der Waals surface area contributed by atoms with Crippen LogP contribution in [0, 0.1) is 0 Å². The van der Waals surface area contributed by atoms with E-state index in [1.807, 2.05) is 0 Å². The van der Waals surface area contributed by atoms with E-state index in [1.165, 1.54) is 9.80 Å². The lowest BCUT2D eigenvalue weighted by atomic mass is 10.2. The molecular formula is C19H25Cl2N2O6P. The van der Waals surface area contributed by atoms with Crippen molar-refractivity contribution in [3.63, 3.8) is 0 Å². The van der Waals surface area contributed by atoms with Gasteiger partial charge >= 0.3 is 7.60 Å². The minimum atomic E-state index is -3.35. The van der Waals surface area contributed by atoms with Gasteiger partial charge in [0.25, 0.3) is 11.8 Å². The van der Waals surface area contributed by atoms with Gasteiger partial charge in [-0.1, -0.05) is 29.3 Å². The van der Waals surface area contributed by atoms with E-state index in [2.05, 4.69) is 0 Å². The molecule has 1 aromatic rings. The standard InChI is InChI=1S/C19H25Cl2N2O6P/c1-4-28-30(27,29-5-2)9-8-23-12-14(17(24)19(23)26)18(25)22(3)11-13-6-7-15(20)16(21)10-13/h6-7,10,24H,4-5,8-9,11-12H2,1-3H3. The fraction of sp³-hybridized carbons (Fsp3) is 0.474. The van der Waals surface area contributed by atoms with Crippen LogP contribution in [0.4, 0.5) is 0 Å². The molecule has 0 saturated carbocycles. The minimum absolute atomic E-state index is 0.0213. The van der Waals surface area contributed by atoms with Crippen molar-refractivity contribution < 1.29 is 28.3 Å². The van der Waals surface area contributed by atoms with E-state index in [1.54, 1.807) is 39.1 Å². The second-order valence-corrected chi connectivity index (χ2v) is 9.63. The Hall–Kier alpha value is -1.57. The molecule has 0 unspecified atom stereocenters. The first kappa shape index (κ1) is 24.7. The van der Waals surface area contributed by atoms with Gasteiger partial charge in [0.15, 0.2) is 5.76 Å². The van der Waals surface area contributed by atoms with Crippen LogP contribution in [-0.2, 0) is 29.7 Å². The van der Waals surface area contributed by atoms with Gasteiger partial charge in [-0.15, -0.1) is 0 Å². The summed E-state index contributed by atoms with van der Waals surface area (Å²) in [5, 5.41) is 11.0. The zero-order valence-electron chi connectivity index (χ0n) is 17.1. The number of halogens is 2. The Kier molecular flexibility index (Phi) is 8.76. The van der Waals surface area contributed by atoms with E-state index in [4.69, 9.17) is 32.2 Å². The van der Waals surface area contributed by atoms with Crippen LogP contribution in [0.2, 0.25) is 10.0 Å². The first-order valence-electron chi connectivity index (χ1n) is 9.40. The van der Waals surface area contributed by atoms with Gasteiger partial charge in [0.2, 0.25) is 0 Å². The Morgan fingerprint density at radius 1 is 1.23 bits per heavy atom. The van der Waals surface area contributed by atoms with Crippen molar-refractivity contribution in [2.75, 3.05) is 39.5 Å². The second kappa shape index (κ2) is 10.6. The number of benzene rings is 1. The Morgan fingerprint density at radius 3 is 2.43 bits per heavy atom. The van der Waals surface area contributed by atoms with Crippen LogP contribution in [0.3, 0.4) is 0 Å². The normalized spacial score (nSPS) is 14.6. The fourth-order valence-electron chi connectivity index (χ4n) is 2.98. The predicted molar refractivity (Wildman–Crippen MR) is 115 cm³/mol. The Bertz CT molecular complexity index is 882. The molecule has 0 aliphatic carbocycles. The Balaban J connectivity index is 2.03. The lowest BCUT2D eigenvalue weighted by Crippen LogP contribution is -2.33. The van der Waals surface area contributed by atoms with Crippen LogP contribution in [0.5, 0.6) is 0 Å². The molecular weight excluding hydrogens is 454 g/mol. The second-order valence-electron chi connectivity index (χ2n) is 6.63. The summed E-state index contributed by atoms with van der Waals surface area (Å²) in [6.07, 6.45) is -0.0334. The molecule has 1 aromatic carbocycles. The van der Waals surface area contributed by atoms with Crippen molar-refractivity contribution in [1.82, 2.24) is 9.80 Å². The summed E-state index contributed by atoms with van der Waals surface area (Å²) in [5.41, 5.74) is 0.723. The maximum Gasteiger partial charge on any atom is 0.332 e. The fourth-order valence-corrected chi connectivity index (χ4v) is 4.91. The van der Waals surface area contributed by atoms with Gasteiger partial charge in [-0.25, -0.2) is 0 Å². The Labute approximate surface area is 185 Å². The molecule has 0 aromatic heterocycles. The summed E-state index contributed by atoms with van der Waals surface area (Å²) in [4.78, 5) is 27.8. The monoisotopic (exact) mass is 478 g/mol. The lowest BCUT2D eigenvalue weighted by Gasteiger charge is -2.22. The Morgan fingerprint density at radius 2 is 1.87 bits per heavy atom. The van der Waals surface area contributed by atoms with Crippen molar-refractivity contribution in [2.45, 2.75) is 20.4 Å². The van der Waals surface area contributed by atoms with Crippen molar-refractivity contribution in [3.05, 3.63) is 45.1 Å². The van der Waals surface area contributed by atoms with Gasteiger partial charge in [-0.05, 0) is 31.5 Å². The molecule has 2 amide bonds. The third kappa shape index (κ3) is 5.99. The van der Waals surface area contributed by atoms with Gasteiger partial charge < -0.3 is 24.0 Å². The molecule has 0 spiro atoms. The van der Waals surface area contributed by atoms with Crippen molar-refractivity contribution in [2.24, 2.45) is 0 Å². The highest BCUT2D eigenvalue weighted by molar-refractivity contribution is 7.53. The first-order chi connectivity index (χ1) is 14.1. The largest absolute Gasteiger partial charge is 0.503 e. The van der Waals surface area contributed by atoms with Gasteiger partial charge in [-0.2, -0.15) is 0 Å². The highest BCUT2D eigenvalue weighted by Gasteiger charge is 2.36. The van der Waals surface area contributed by atoms with Gasteiger partial charge in [0.1, 0.15) is 0 Å². The molecule has 0 atom stereocenters. The lowest BCUT2D eigenvalue weighted by molar-refractivity contribution is -0.127. The summed E-state index contributed by atoms with van der Waals surface area (Å²) in [6.45, 7) is 3.95. The van der Waals surface area contributed by atoms with E-state index in [0.29, 0.717) is 10.0 Å². The van der Waals surface area contributed by atoms with Gasteiger partial charge in [0.05, 0.1) is 41.5 Å². The zero-order valence-corrected chi connectivity index (χ0v) is 19.5. The van der Waals surface area contributed by atoms with E-state index >= 15 is 0 Å². The van der Waals surface area contributed by atoms with Crippen LogP contribution in [0.15, 0.2) is 29.5 Å². The van der Waals surface area contributed by atoms with Crippen LogP contribution in [0.1, 0.15) is 19.4 Å². The van der Waals surface area contributed by atoms with Crippen LogP contribution in [0.25, 0.3) is 0 Å². The average molecular weight is 479 g/mol. The third-order valence-electron chi connectivity index (χ3n) is 4.43. The van der Waals surface area contributed by atoms with Gasteiger partial charge in [0, 0.05) is 20.1 Å². The molecule has 30 heavy (non-hydrogen) atoms. The molecule has 1 N–H and O–H groups in total. The van der Waals surface area contributed by atoms with Crippen LogP contribution >= 0.6 is 30.8 Å². The minimum Gasteiger partial charge on any atom is -0.503 e.